The lowest BCUT2D eigenvalue weighted by Crippen LogP contribution is -2.56. The van der Waals surface area contributed by atoms with Gasteiger partial charge in [0, 0.05) is 44.1 Å². The van der Waals surface area contributed by atoms with E-state index < -0.39 is 0 Å². The van der Waals surface area contributed by atoms with Crippen molar-refractivity contribution in [3.05, 3.63) is 35.4 Å². The van der Waals surface area contributed by atoms with Crippen molar-refractivity contribution in [2.45, 2.75) is 70.4 Å². The van der Waals surface area contributed by atoms with Crippen LogP contribution in [-0.2, 0) is 21.5 Å². The molecule has 1 aromatic rings. The van der Waals surface area contributed by atoms with Crippen molar-refractivity contribution < 1.29 is 14.3 Å². The van der Waals surface area contributed by atoms with Gasteiger partial charge < -0.3 is 19.4 Å². The summed E-state index contributed by atoms with van der Waals surface area (Å²) in [6.07, 6.45) is 5.60. The topological polar surface area (TPSA) is 53.1 Å². The number of hydrogen-bond donors (Lipinski definition) is 0. The van der Waals surface area contributed by atoms with E-state index in [4.69, 9.17) is 4.74 Å². The molecule has 3 aliphatic heterocycles. The monoisotopic (exact) mass is 427 g/mol. The molecule has 6 nitrogen and oxygen atoms in total. The number of hydrogen-bond acceptors (Lipinski definition) is 4. The zero-order valence-electron chi connectivity index (χ0n) is 19.1. The Kier molecular flexibility index (Phi) is 6.85. The van der Waals surface area contributed by atoms with Gasteiger partial charge in [-0.05, 0) is 63.2 Å². The second kappa shape index (κ2) is 9.60. The van der Waals surface area contributed by atoms with Gasteiger partial charge in [0.1, 0.15) is 0 Å². The normalized spacial score (nSPS) is 21.7. The van der Waals surface area contributed by atoms with E-state index in [0.717, 1.165) is 71.4 Å². The maximum Gasteiger partial charge on any atom is 0.409 e. The summed E-state index contributed by atoms with van der Waals surface area (Å²) in [6.45, 7) is 9.69. The fourth-order valence-corrected chi connectivity index (χ4v) is 5.81. The number of ether oxygens (including phenoxy) is 1. The van der Waals surface area contributed by atoms with Gasteiger partial charge in [0.05, 0.1) is 6.61 Å². The van der Waals surface area contributed by atoms with Gasteiger partial charge in [0.2, 0.25) is 5.91 Å². The first kappa shape index (κ1) is 22.1. The zero-order valence-corrected chi connectivity index (χ0v) is 19.1. The van der Waals surface area contributed by atoms with Crippen LogP contribution in [-0.4, -0.2) is 72.1 Å². The highest BCUT2D eigenvalue weighted by Crippen LogP contribution is 2.42. The highest BCUT2D eigenvalue weighted by Gasteiger charge is 2.44. The van der Waals surface area contributed by atoms with E-state index in [-0.39, 0.29) is 11.5 Å². The Morgan fingerprint density at radius 3 is 2.42 bits per heavy atom. The Morgan fingerprint density at radius 1 is 1.03 bits per heavy atom. The van der Waals surface area contributed by atoms with Crippen LogP contribution in [0.5, 0.6) is 0 Å². The summed E-state index contributed by atoms with van der Waals surface area (Å²) in [7, 11) is 0. The molecule has 1 spiro atoms. The molecule has 3 heterocycles. The largest absolute Gasteiger partial charge is 0.450 e. The molecule has 1 aromatic carbocycles. The predicted octanol–water partition coefficient (Wildman–Crippen LogP) is 3.78. The molecular weight excluding hydrogens is 390 g/mol. The van der Waals surface area contributed by atoms with Gasteiger partial charge in [-0.15, -0.1) is 0 Å². The second-order valence-electron chi connectivity index (χ2n) is 9.39. The van der Waals surface area contributed by atoms with Crippen LogP contribution in [0.3, 0.4) is 0 Å². The first-order valence-corrected chi connectivity index (χ1v) is 12.1. The quantitative estimate of drug-likeness (QED) is 0.734. The Morgan fingerprint density at radius 2 is 1.74 bits per heavy atom. The van der Waals surface area contributed by atoms with Crippen LogP contribution in [0, 0.1) is 0 Å². The molecular formula is C25H37N3O3. The highest BCUT2D eigenvalue weighted by atomic mass is 16.6. The number of carbonyl (C=O) groups is 2. The van der Waals surface area contributed by atoms with Crippen molar-refractivity contribution in [1.29, 1.82) is 0 Å². The van der Waals surface area contributed by atoms with Crippen molar-refractivity contribution in [2.24, 2.45) is 0 Å². The van der Waals surface area contributed by atoms with Crippen LogP contribution in [0.1, 0.15) is 63.5 Å². The summed E-state index contributed by atoms with van der Waals surface area (Å²) in [4.78, 5) is 31.3. The van der Waals surface area contributed by atoms with Gasteiger partial charge in [-0.2, -0.15) is 0 Å². The van der Waals surface area contributed by atoms with Crippen molar-refractivity contribution in [3.63, 3.8) is 0 Å². The van der Waals surface area contributed by atoms with Gasteiger partial charge in [0.15, 0.2) is 0 Å². The maximum atomic E-state index is 12.8. The van der Waals surface area contributed by atoms with E-state index in [9.17, 15) is 9.59 Å². The molecule has 0 radical (unpaired) electrons. The van der Waals surface area contributed by atoms with Crippen LogP contribution < -0.4 is 0 Å². The lowest BCUT2D eigenvalue weighted by atomic mass is 9.68. The summed E-state index contributed by atoms with van der Waals surface area (Å²) in [5, 5.41) is 0. The molecule has 0 atom stereocenters. The molecule has 31 heavy (non-hydrogen) atoms. The van der Waals surface area contributed by atoms with E-state index in [0.29, 0.717) is 25.0 Å². The fourth-order valence-electron chi connectivity index (χ4n) is 5.81. The van der Waals surface area contributed by atoms with E-state index >= 15 is 0 Å². The van der Waals surface area contributed by atoms with Crippen molar-refractivity contribution in [3.8, 4) is 0 Å². The van der Waals surface area contributed by atoms with Crippen LogP contribution in [0.25, 0.3) is 0 Å². The molecule has 0 saturated carbocycles. The number of nitrogens with zero attached hydrogens (tertiary/aromatic N) is 3. The third-order valence-electron chi connectivity index (χ3n) is 7.52. The summed E-state index contributed by atoms with van der Waals surface area (Å²) >= 11 is 0. The second-order valence-corrected chi connectivity index (χ2v) is 9.39. The molecule has 0 unspecified atom stereocenters. The van der Waals surface area contributed by atoms with Crippen LogP contribution in [0.2, 0.25) is 0 Å². The average Bonchev–Trinajstić information content (AvgIpc) is 2.80. The minimum absolute atomic E-state index is 0.0837. The SMILES string of the molecule is CCCC(=O)N1Cc2ccccc2C2(CCN(C3CCN(C(=O)OCC)CC3)CC2)C1. The van der Waals surface area contributed by atoms with Crippen molar-refractivity contribution in [1.82, 2.24) is 14.7 Å². The lowest BCUT2D eigenvalue weighted by molar-refractivity contribution is -0.133. The number of piperidine rings is 2. The Balaban J connectivity index is 1.41. The van der Waals surface area contributed by atoms with Gasteiger partial charge in [-0.25, -0.2) is 4.79 Å². The van der Waals surface area contributed by atoms with Gasteiger partial charge in [-0.3, -0.25) is 4.79 Å². The predicted molar refractivity (Wildman–Crippen MR) is 121 cm³/mol. The van der Waals surface area contributed by atoms with Gasteiger partial charge in [-0.1, -0.05) is 31.2 Å². The van der Waals surface area contributed by atoms with Gasteiger partial charge in [0.25, 0.3) is 0 Å². The molecule has 0 aromatic heterocycles. The third kappa shape index (κ3) is 4.59. The number of benzene rings is 1. The number of rotatable bonds is 4. The molecule has 2 fully saturated rings. The summed E-state index contributed by atoms with van der Waals surface area (Å²) in [5.74, 6) is 0.296. The first-order valence-electron chi connectivity index (χ1n) is 12.1. The number of fused-ring (bicyclic) bond motifs is 2. The highest BCUT2D eigenvalue weighted by molar-refractivity contribution is 5.76. The molecule has 0 aliphatic carbocycles. The van der Waals surface area contributed by atoms with Crippen LogP contribution in [0.4, 0.5) is 4.79 Å². The standard InChI is InChI=1S/C25H37N3O3/c1-3-7-23(29)28-18-20-8-5-6-9-22(20)25(19-28)12-16-26(17-13-25)21-10-14-27(15-11-21)24(30)31-4-2/h5-6,8-9,21H,3-4,7,10-19H2,1-2H3. The molecule has 2 amide bonds. The smallest absolute Gasteiger partial charge is 0.409 e. The van der Waals surface area contributed by atoms with Crippen molar-refractivity contribution in [2.75, 3.05) is 39.3 Å². The maximum absolute atomic E-state index is 12.8. The Hall–Kier alpha value is -2.08. The van der Waals surface area contributed by atoms with Gasteiger partial charge >= 0.3 is 6.09 Å². The molecule has 0 bridgehead atoms. The molecule has 6 heteroatoms. The number of likely N-dealkylation sites (tertiary alicyclic amines) is 2. The Bertz CT molecular complexity index is 780. The molecule has 4 rings (SSSR count). The molecule has 0 N–H and O–H groups in total. The summed E-state index contributed by atoms with van der Waals surface area (Å²) in [5.41, 5.74) is 2.88. The molecule has 170 valence electrons. The van der Waals surface area contributed by atoms with E-state index in [1.54, 1.807) is 0 Å². The molecule has 2 saturated heterocycles. The minimum Gasteiger partial charge on any atom is -0.450 e. The lowest BCUT2D eigenvalue weighted by Gasteiger charge is -2.50. The fraction of sp³-hybridized carbons (Fsp3) is 0.680. The Labute approximate surface area is 186 Å². The summed E-state index contributed by atoms with van der Waals surface area (Å²) < 4.78 is 5.16. The molecule has 3 aliphatic rings. The average molecular weight is 428 g/mol. The minimum atomic E-state index is -0.172. The third-order valence-corrected chi connectivity index (χ3v) is 7.52. The zero-order chi connectivity index (χ0) is 21.8. The van der Waals surface area contributed by atoms with Crippen LogP contribution in [0.15, 0.2) is 24.3 Å². The van der Waals surface area contributed by atoms with E-state index in [1.165, 1.54) is 11.1 Å². The first-order chi connectivity index (χ1) is 15.1. The van der Waals surface area contributed by atoms with E-state index in [2.05, 4.69) is 41.0 Å². The summed E-state index contributed by atoms with van der Waals surface area (Å²) in [6, 6.07) is 9.30. The van der Waals surface area contributed by atoms with Crippen LogP contribution >= 0.6 is 0 Å². The van der Waals surface area contributed by atoms with Crippen molar-refractivity contribution >= 4 is 12.0 Å². The number of carbonyl (C=O) groups excluding carboxylic acids is 2. The van der Waals surface area contributed by atoms with E-state index in [1.807, 2.05) is 11.8 Å². The number of amides is 2.